The number of amides is 2. The lowest BCUT2D eigenvalue weighted by Gasteiger charge is -2.48. The van der Waals surface area contributed by atoms with Crippen molar-refractivity contribution in [2.45, 2.75) is 140 Å². The highest BCUT2D eigenvalue weighted by atomic mass is 16.7. The molecule has 1 aliphatic heterocycles. The van der Waals surface area contributed by atoms with Gasteiger partial charge < -0.3 is 25.3 Å². The first kappa shape index (κ1) is 35.7. The summed E-state index contributed by atoms with van der Waals surface area (Å²) in [5.41, 5.74) is 2.42. The zero-order valence-corrected chi connectivity index (χ0v) is 27.7. The molecule has 4 rings (SSSR count). The third kappa shape index (κ3) is 9.91. The Labute approximate surface area is 273 Å². The van der Waals surface area contributed by atoms with Crippen molar-refractivity contribution < 1.29 is 29.1 Å². The van der Waals surface area contributed by atoms with E-state index >= 15 is 0 Å². The van der Waals surface area contributed by atoms with E-state index in [0.717, 1.165) is 63.4 Å². The van der Waals surface area contributed by atoms with Crippen molar-refractivity contribution in [2.24, 2.45) is 5.92 Å². The van der Waals surface area contributed by atoms with Gasteiger partial charge in [0, 0.05) is 13.0 Å². The lowest BCUT2D eigenvalue weighted by atomic mass is 9.66. The number of hydrogen-bond donors (Lipinski definition) is 6. The van der Waals surface area contributed by atoms with Gasteiger partial charge in [-0.2, -0.15) is 0 Å². The van der Waals surface area contributed by atoms with Crippen LogP contribution in [0.3, 0.4) is 0 Å². The number of aryl methyl sites for hydroxylation is 1. The van der Waals surface area contributed by atoms with Crippen molar-refractivity contribution in [3.63, 3.8) is 0 Å². The summed E-state index contributed by atoms with van der Waals surface area (Å²) in [5, 5.41) is 24.7. The van der Waals surface area contributed by atoms with Gasteiger partial charge in [0.05, 0.1) is 17.1 Å². The number of hydrogen-bond acceptors (Lipinski definition) is 6. The fourth-order valence-corrected chi connectivity index (χ4v) is 7.56. The van der Waals surface area contributed by atoms with Gasteiger partial charge in [-0.3, -0.25) is 15.0 Å². The molecule has 2 amide bonds. The van der Waals surface area contributed by atoms with Gasteiger partial charge in [-0.15, -0.1) is 0 Å². The Hall–Kier alpha value is -3.19. The average Bonchev–Trinajstić information content (AvgIpc) is 3.30. The first-order valence-electron chi connectivity index (χ1n) is 17.4. The minimum atomic E-state index is -0.801. The summed E-state index contributed by atoms with van der Waals surface area (Å²) >= 11 is 0. The Bertz CT molecular complexity index is 1130. The van der Waals surface area contributed by atoms with Gasteiger partial charge in [-0.05, 0) is 74.7 Å². The van der Waals surface area contributed by atoms with Crippen LogP contribution in [0.25, 0.3) is 0 Å². The first-order chi connectivity index (χ1) is 22.1. The molecule has 0 bridgehead atoms. The van der Waals surface area contributed by atoms with Crippen LogP contribution < -0.4 is 21.4 Å². The number of rotatable bonds is 15. The minimum Gasteiger partial charge on any atom is -0.401 e. The fraction of sp³-hybridized carbons (Fsp3) is 0.727. The van der Waals surface area contributed by atoms with Crippen LogP contribution in [0.5, 0.6) is 0 Å². The van der Waals surface area contributed by atoms with Crippen molar-refractivity contribution in [3.8, 4) is 0 Å². The Balaban J connectivity index is 1.43. The minimum absolute atomic E-state index is 0.197. The number of nitrogens with zero attached hydrogens (tertiary/aromatic N) is 1. The summed E-state index contributed by atoms with van der Waals surface area (Å²) in [5.74, 6) is -0.941. The smallest absolute Gasteiger partial charge is 0.401 e. The van der Waals surface area contributed by atoms with E-state index in [1.54, 1.807) is 0 Å². The van der Waals surface area contributed by atoms with E-state index in [0.29, 0.717) is 25.7 Å². The molecule has 1 saturated heterocycles. The number of nitrogens with one attached hydrogen (secondary N) is 5. The lowest BCUT2D eigenvalue weighted by molar-refractivity contribution is -0.822. The van der Waals surface area contributed by atoms with Crippen LogP contribution in [0.2, 0.25) is 0 Å². The molecule has 46 heavy (non-hydrogen) atoms. The Morgan fingerprint density at radius 2 is 1.57 bits per heavy atom. The van der Waals surface area contributed by atoms with Crippen LogP contribution in [-0.4, -0.2) is 64.9 Å². The molecule has 1 aromatic carbocycles. The van der Waals surface area contributed by atoms with Crippen LogP contribution in [0.4, 0.5) is 0 Å². The maximum absolute atomic E-state index is 13.9. The molecule has 2 saturated carbocycles. The summed E-state index contributed by atoms with van der Waals surface area (Å²) in [6.07, 6.45) is 14.0. The SMILES string of the molecule is CC(C)C[C@H](NC(=O)[C@H](CCCNC(=N)N[N+](=O)O)NC(=O)CCCc1ccccc1)B1OC2(CCCCC2)C2(CCCCC2)O1. The van der Waals surface area contributed by atoms with Gasteiger partial charge in [0.25, 0.3) is 5.96 Å². The number of fused-ring (bicyclic) bond motifs is 1. The van der Waals surface area contributed by atoms with Crippen LogP contribution in [-0.2, 0) is 25.3 Å². The molecule has 12 nitrogen and oxygen atoms in total. The van der Waals surface area contributed by atoms with E-state index in [1.165, 1.54) is 12.8 Å². The zero-order valence-electron chi connectivity index (χ0n) is 27.7. The maximum atomic E-state index is 13.9. The maximum Gasteiger partial charge on any atom is 0.481 e. The summed E-state index contributed by atoms with van der Waals surface area (Å²) in [4.78, 5) is 37.7. The van der Waals surface area contributed by atoms with Crippen molar-refractivity contribution in [3.05, 3.63) is 40.8 Å². The zero-order chi connectivity index (χ0) is 33.0. The van der Waals surface area contributed by atoms with Gasteiger partial charge in [0.2, 0.25) is 11.8 Å². The molecular formula is C33H54BN6O6+. The number of carbonyl (C=O) groups is 2. The molecular weight excluding hydrogens is 587 g/mol. The van der Waals surface area contributed by atoms with E-state index in [2.05, 4.69) is 29.8 Å². The van der Waals surface area contributed by atoms with E-state index in [9.17, 15) is 14.5 Å². The van der Waals surface area contributed by atoms with Gasteiger partial charge in [-0.25, -0.2) is 5.21 Å². The second-order valence-corrected chi connectivity index (χ2v) is 13.7. The molecule has 2 aliphatic carbocycles. The third-order valence-electron chi connectivity index (χ3n) is 9.76. The molecule has 3 fully saturated rings. The third-order valence-corrected chi connectivity index (χ3v) is 9.76. The molecule has 2 atom stereocenters. The van der Waals surface area contributed by atoms with E-state index in [1.807, 2.05) is 35.8 Å². The predicted octanol–water partition coefficient (Wildman–Crippen LogP) is 4.48. The summed E-state index contributed by atoms with van der Waals surface area (Å²) in [6, 6.07) is 9.19. The van der Waals surface area contributed by atoms with Crippen molar-refractivity contribution in [1.82, 2.24) is 21.4 Å². The largest absolute Gasteiger partial charge is 0.481 e. The summed E-state index contributed by atoms with van der Waals surface area (Å²) in [7, 11) is -0.550. The normalized spacial score (nSPS) is 19.8. The predicted molar refractivity (Wildman–Crippen MR) is 176 cm³/mol. The van der Waals surface area contributed by atoms with Crippen LogP contribution in [0, 0.1) is 16.2 Å². The molecule has 6 N–H and O–H groups in total. The highest BCUT2D eigenvalue weighted by Crippen LogP contribution is 2.54. The molecule has 13 heteroatoms. The van der Waals surface area contributed by atoms with E-state index in [-0.39, 0.29) is 53.8 Å². The van der Waals surface area contributed by atoms with Crippen molar-refractivity contribution >= 4 is 24.9 Å². The van der Waals surface area contributed by atoms with Crippen LogP contribution >= 0.6 is 0 Å². The summed E-state index contributed by atoms with van der Waals surface area (Å²) in [6.45, 7) is 4.50. The van der Waals surface area contributed by atoms with Crippen molar-refractivity contribution in [2.75, 3.05) is 6.54 Å². The number of carbonyl (C=O) groups excluding carboxylic acids is 2. The Morgan fingerprint density at radius 1 is 0.957 bits per heavy atom. The second kappa shape index (κ2) is 17.1. The molecule has 254 valence electrons. The van der Waals surface area contributed by atoms with Crippen molar-refractivity contribution in [1.29, 1.82) is 5.41 Å². The average molecular weight is 642 g/mol. The highest BCUT2D eigenvalue weighted by Gasteiger charge is 2.63. The molecule has 1 heterocycles. The van der Waals surface area contributed by atoms with Crippen LogP contribution in [0.15, 0.2) is 30.3 Å². The monoisotopic (exact) mass is 641 g/mol. The Morgan fingerprint density at radius 3 is 2.13 bits per heavy atom. The molecule has 2 spiro atoms. The van der Waals surface area contributed by atoms with Gasteiger partial charge in [-0.1, -0.05) is 82.7 Å². The quantitative estimate of drug-likeness (QED) is 0.0537. The van der Waals surface area contributed by atoms with Gasteiger partial charge >= 0.3 is 12.2 Å². The van der Waals surface area contributed by atoms with Crippen LogP contribution in [0.1, 0.15) is 116 Å². The van der Waals surface area contributed by atoms with E-state index < -0.39 is 18.2 Å². The second-order valence-electron chi connectivity index (χ2n) is 13.7. The molecule has 0 radical (unpaired) electrons. The highest BCUT2D eigenvalue weighted by molar-refractivity contribution is 6.48. The standard InChI is InChI=1S/C33H53BN6O6/c1-25(2)24-28(34-45-32(19-8-4-9-20-32)33(46-34)21-10-5-11-22-33)38-30(42)27(17-13-23-36-31(35)39-40(43)44)37-29(41)18-12-16-26-14-6-3-7-15-26/h3,6-7,14-15,25,27-28H,4-5,8-13,16-24H2,1-2H3,(H5-,35,36,37,38,39,41,42,43,44)/p+1/t27-,28-/m0/s1. The molecule has 1 aromatic rings. The summed E-state index contributed by atoms with van der Waals surface area (Å²) < 4.78 is 13.9. The van der Waals surface area contributed by atoms with E-state index in [4.69, 9.17) is 19.9 Å². The molecule has 0 unspecified atom stereocenters. The molecule has 0 aromatic heterocycles. The topological polar surface area (TPSA) is 165 Å². The molecule has 3 aliphatic rings. The number of hydrazine groups is 1. The number of benzene rings is 1. The Kier molecular flexibility index (Phi) is 13.3. The van der Waals surface area contributed by atoms with Gasteiger partial charge in [0.1, 0.15) is 10.9 Å². The first-order valence-corrected chi connectivity index (χ1v) is 17.4. The van der Waals surface area contributed by atoms with Gasteiger partial charge in [0.15, 0.2) is 0 Å². The fourth-order valence-electron chi connectivity index (χ4n) is 7.56. The lowest BCUT2D eigenvalue weighted by Crippen LogP contribution is -2.55. The number of guanidine groups is 1.